The molecule has 100 valence electrons. The maximum Gasteiger partial charge on any atom is 0.0291 e. The van der Waals surface area contributed by atoms with Crippen LogP contribution < -0.4 is 5.32 Å². The number of halogens is 1. The Kier molecular flexibility index (Phi) is 5.17. The first-order chi connectivity index (χ1) is 9.20. The third kappa shape index (κ3) is 3.92. The molecule has 1 nitrogen and oxygen atoms in total. The fraction of sp³-hybridized carbons (Fsp3) is 0.294. The highest BCUT2D eigenvalue weighted by Gasteiger charge is 2.04. The first kappa shape index (κ1) is 14.3. The summed E-state index contributed by atoms with van der Waals surface area (Å²) in [4.78, 5) is 0. The van der Waals surface area contributed by atoms with Crippen molar-refractivity contribution < 1.29 is 0 Å². The molecule has 0 aliphatic carbocycles. The topological polar surface area (TPSA) is 12.0 Å². The molecule has 2 heteroatoms. The summed E-state index contributed by atoms with van der Waals surface area (Å²) < 4.78 is 1.12. The predicted octanol–water partition coefficient (Wildman–Crippen LogP) is 5.18. The van der Waals surface area contributed by atoms with Crippen LogP contribution in [0.5, 0.6) is 0 Å². The molecule has 2 aromatic carbocycles. The van der Waals surface area contributed by atoms with Gasteiger partial charge in [-0.1, -0.05) is 59.3 Å². The zero-order valence-corrected chi connectivity index (χ0v) is 13.1. The van der Waals surface area contributed by atoms with E-state index in [9.17, 15) is 0 Å². The Balaban J connectivity index is 2.14. The summed E-state index contributed by atoms with van der Waals surface area (Å²) in [7, 11) is 0. The molecule has 2 aromatic rings. The van der Waals surface area contributed by atoms with Crippen LogP contribution in [0.2, 0.25) is 0 Å². The van der Waals surface area contributed by atoms with Crippen LogP contribution in [0.3, 0.4) is 0 Å². The summed E-state index contributed by atoms with van der Waals surface area (Å²) in [5.74, 6) is 0. The normalized spacial score (nSPS) is 12.4. The van der Waals surface area contributed by atoms with Crippen molar-refractivity contribution in [3.63, 3.8) is 0 Å². The Hall–Kier alpha value is -1.12. The van der Waals surface area contributed by atoms with E-state index in [0.717, 1.165) is 11.0 Å². The van der Waals surface area contributed by atoms with Gasteiger partial charge in [0.1, 0.15) is 0 Å². The van der Waals surface area contributed by atoms with Crippen LogP contribution in [0, 0.1) is 0 Å². The van der Waals surface area contributed by atoms with Crippen LogP contribution in [-0.2, 0) is 0 Å². The third-order valence-electron chi connectivity index (χ3n) is 3.27. The third-order valence-corrected chi connectivity index (χ3v) is 3.76. The van der Waals surface area contributed by atoms with Gasteiger partial charge < -0.3 is 5.32 Å². The Morgan fingerprint density at radius 2 is 1.79 bits per heavy atom. The van der Waals surface area contributed by atoms with E-state index in [-0.39, 0.29) is 0 Å². The first-order valence-electron chi connectivity index (χ1n) is 6.80. The summed E-state index contributed by atoms with van der Waals surface area (Å²) in [5, 5.41) is 3.51. The van der Waals surface area contributed by atoms with Crippen LogP contribution >= 0.6 is 15.9 Å². The molecule has 0 heterocycles. The second-order valence-corrected chi connectivity index (χ2v) is 5.72. The van der Waals surface area contributed by atoms with E-state index >= 15 is 0 Å². The van der Waals surface area contributed by atoms with Crippen molar-refractivity contribution in [3.05, 3.63) is 58.6 Å². The monoisotopic (exact) mass is 317 g/mol. The number of benzene rings is 2. The van der Waals surface area contributed by atoms with Crippen molar-refractivity contribution >= 4 is 15.9 Å². The van der Waals surface area contributed by atoms with Gasteiger partial charge >= 0.3 is 0 Å². The van der Waals surface area contributed by atoms with Crippen LogP contribution in [0.15, 0.2) is 53.0 Å². The van der Waals surface area contributed by atoms with E-state index in [0.29, 0.717) is 6.04 Å². The Morgan fingerprint density at radius 3 is 2.42 bits per heavy atom. The number of hydrogen-bond acceptors (Lipinski definition) is 1. The lowest BCUT2D eigenvalue weighted by Crippen LogP contribution is -2.19. The van der Waals surface area contributed by atoms with E-state index in [1.54, 1.807) is 0 Å². The van der Waals surface area contributed by atoms with E-state index in [2.05, 4.69) is 83.6 Å². The van der Waals surface area contributed by atoms with E-state index in [1.807, 2.05) is 0 Å². The summed E-state index contributed by atoms with van der Waals surface area (Å²) in [6.07, 6.45) is 1.17. The van der Waals surface area contributed by atoms with Gasteiger partial charge in [0.15, 0.2) is 0 Å². The highest BCUT2D eigenvalue weighted by Crippen LogP contribution is 2.24. The van der Waals surface area contributed by atoms with Gasteiger partial charge in [0.05, 0.1) is 0 Å². The van der Waals surface area contributed by atoms with Gasteiger partial charge in [-0.25, -0.2) is 0 Å². The predicted molar refractivity (Wildman–Crippen MR) is 86.3 cm³/mol. The molecular formula is C17H20BrN. The highest BCUT2D eigenvalue weighted by molar-refractivity contribution is 9.10. The lowest BCUT2D eigenvalue weighted by molar-refractivity contribution is 0.571. The fourth-order valence-electron chi connectivity index (χ4n) is 2.11. The van der Waals surface area contributed by atoms with Crippen molar-refractivity contribution in [3.8, 4) is 11.1 Å². The molecule has 0 bridgehead atoms. The molecule has 0 fully saturated rings. The van der Waals surface area contributed by atoms with E-state index in [1.165, 1.54) is 23.1 Å². The maximum atomic E-state index is 3.52. The minimum Gasteiger partial charge on any atom is -0.310 e. The molecule has 0 aliphatic heterocycles. The van der Waals surface area contributed by atoms with Crippen LogP contribution in [0.4, 0.5) is 0 Å². The molecule has 0 spiro atoms. The molecule has 0 radical (unpaired) electrons. The fourth-order valence-corrected chi connectivity index (χ4v) is 2.51. The molecule has 19 heavy (non-hydrogen) atoms. The quantitative estimate of drug-likeness (QED) is 0.801. The van der Waals surface area contributed by atoms with Crippen molar-refractivity contribution in [2.24, 2.45) is 0 Å². The molecule has 0 amide bonds. The minimum atomic E-state index is 0.413. The average molecular weight is 318 g/mol. The minimum absolute atomic E-state index is 0.413. The highest BCUT2D eigenvalue weighted by atomic mass is 79.9. The van der Waals surface area contributed by atoms with Crippen molar-refractivity contribution in [1.29, 1.82) is 0 Å². The van der Waals surface area contributed by atoms with Crippen molar-refractivity contribution in [2.45, 2.75) is 26.3 Å². The Bertz CT molecular complexity index is 519. The summed E-state index contributed by atoms with van der Waals surface area (Å²) >= 11 is 3.52. The molecular weight excluding hydrogens is 298 g/mol. The standard InChI is InChI=1S/C17H20BrN/c1-3-11-19-13(2)14-7-9-15(10-8-14)16-5-4-6-17(18)12-16/h4-10,12-13,19H,3,11H2,1-2H3. The van der Waals surface area contributed by atoms with Crippen molar-refractivity contribution in [1.82, 2.24) is 5.32 Å². The Labute approximate surface area is 124 Å². The average Bonchev–Trinajstić information content (AvgIpc) is 2.45. The number of rotatable bonds is 5. The summed E-state index contributed by atoms with van der Waals surface area (Å²) in [6, 6.07) is 17.6. The second-order valence-electron chi connectivity index (χ2n) is 4.81. The zero-order chi connectivity index (χ0) is 13.7. The zero-order valence-electron chi connectivity index (χ0n) is 11.5. The second kappa shape index (κ2) is 6.88. The molecule has 0 aliphatic rings. The summed E-state index contributed by atoms with van der Waals surface area (Å²) in [6.45, 7) is 5.47. The smallest absolute Gasteiger partial charge is 0.0291 e. The molecule has 0 saturated carbocycles. The van der Waals surface area contributed by atoms with Gasteiger partial charge in [0, 0.05) is 10.5 Å². The molecule has 1 unspecified atom stereocenters. The number of nitrogens with one attached hydrogen (secondary N) is 1. The van der Waals surface area contributed by atoms with Crippen LogP contribution in [-0.4, -0.2) is 6.54 Å². The van der Waals surface area contributed by atoms with Crippen LogP contribution in [0.25, 0.3) is 11.1 Å². The van der Waals surface area contributed by atoms with Gasteiger partial charge in [-0.2, -0.15) is 0 Å². The lowest BCUT2D eigenvalue weighted by Gasteiger charge is -2.14. The van der Waals surface area contributed by atoms with Gasteiger partial charge in [-0.05, 0) is 48.7 Å². The Morgan fingerprint density at radius 1 is 1.05 bits per heavy atom. The van der Waals surface area contributed by atoms with Gasteiger partial charge in [-0.3, -0.25) is 0 Å². The molecule has 0 saturated heterocycles. The van der Waals surface area contributed by atoms with Gasteiger partial charge in [0.2, 0.25) is 0 Å². The first-order valence-corrected chi connectivity index (χ1v) is 7.59. The van der Waals surface area contributed by atoms with E-state index in [4.69, 9.17) is 0 Å². The lowest BCUT2D eigenvalue weighted by atomic mass is 10.0. The van der Waals surface area contributed by atoms with Gasteiger partial charge in [-0.15, -0.1) is 0 Å². The maximum absolute atomic E-state index is 3.52. The van der Waals surface area contributed by atoms with Crippen molar-refractivity contribution in [2.75, 3.05) is 6.54 Å². The van der Waals surface area contributed by atoms with Crippen LogP contribution in [0.1, 0.15) is 31.9 Å². The summed E-state index contributed by atoms with van der Waals surface area (Å²) in [5.41, 5.74) is 3.84. The number of hydrogen-bond donors (Lipinski definition) is 1. The molecule has 2 rings (SSSR count). The molecule has 1 atom stereocenters. The van der Waals surface area contributed by atoms with E-state index < -0.39 is 0 Å². The van der Waals surface area contributed by atoms with Gasteiger partial charge in [0.25, 0.3) is 0 Å². The molecule has 1 N–H and O–H groups in total. The SMILES string of the molecule is CCCNC(C)c1ccc(-c2cccc(Br)c2)cc1. The molecule has 0 aromatic heterocycles. The largest absolute Gasteiger partial charge is 0.310 e.